The van der Waals surface area contributed by atoms with Crippen molar-refractivity contribution in [3.8, 4) is 16.9 Å². The molecule has 5 aromatic rings. The van der Waals surface area contributed by atoms with Crippen LogP contribution in [0.2, 0.25) is 10.0 Å². The van der Waals surface area contributed by atoms with E-state index in [2.05, 4.69) is 11.5 Å². The van der Waals surface area contributed by atoms with Crippen LogP contribution in [0.4, 0.5) is 0 Å². The van der Waals surface area contributed by atoms with Crippen molar-refractivity contribution in [1.82, 2.24) is 19.2 Å². The van der Waals surface area contributed by atoms with Crippen molar-refractivity contribution < 1.29 is 19.4 Å². The molecule has 2 aromatic heterocycles. The quantitative estimate of drug-likeness (QED) is 0.156. The molecule has 1 amide bonds. The maximum Gasteiger partial charge on any atom is 0.335 e. The second-order valence-electron chi connectivity index (χ2n) is 12.9. The van der Waals surface area contributed by atoms with Gasteiger partial charge in [-0.15, -0.1) is 0 Å². The van der Waals surface area contributed by atoms with Crippen LogP contribution in [0.1, 0.15) is 80.8 Å². The van der Waals surface area contributed by atoms with Gasteiger partial charge in [-0.1, -0.05) is 41.4 Å². The number of carboxylic acid groups (broad SMARTS) is 1. The van der Waals surface area contributed by atoms with E-state index in [1.165, 1.54) is 0 Å². The third-order valence-electron chi connectivity index (χ3n) is 9.82. The molecule has 0 saturated carbocycles. The molecule has 0 saturated heterocycles. The summed E-state index contributed by atoms with van der Waals surface area (Å²) < 4.78 is 10.2. The van der Waals surface area contributed by atoms with E-state index in [-0.39, 0.29) is 23.6 Å². The van der Waals surface area contributed by atoms with Crippen molar-refractivity contribution in [3.63, 3.8) is 0 Å². The summed E-state index contributed by atoms with van der Waals surface area (Å²) in [4.78, 5) is 28.3. The average molecular weight is 688 g/mol. The van der Waals surface area contributed by atoms with E-state index < -0.39 is 5.97 Å². The summed E-state index contributed by atoms with van der Waals surface area (Å²) in [5, 5.41) is 16.6. The number of carbonyl (C=O) groups excluding carboxylic acids is 1. The maximum atomic E-state index is 14.7. The molecule has 1 aliphatic heterocycles. The Morgan fingerprint density at radius 1 is 0.979 bits per heavy atom. The lowest BCUT2D eigenvalue weighted by atomic mass is 9.98. The molecule has 48 heavy (non-hydrogen) atoms. The number of benzene rings is 3. The predicted octanol–water partition coefficient (Wildman–Crippen LogP) is 8.90. The summed E-state index contributed by atoms with van der Waals surface area (Å²) in [6, 6.07) is 14.3. The monoisotopic (exact) mass is 686 g/mol. The lowest BCUT2D eigenvalue weighted by Crippen LogP contribution is -2.48. The molecule has 1 unspecified atom stereocenters. The van der Waals surface area contributed by atoms with Crippen LogP contribution in [-0.2, 0) is 20.0 Å². The highest BCUT2D eigenvalue weighted by Gasteiger charge is 2.40. The second-order valence-corrected chi connectivity index (χ2v) is 13.7. The van der Waals surface area contributed by atoms with Crippen molar-refractivity contribution >= 4 is 46.0 Å². The maximum absolute atomic E-state index is 14.7. The van der Waals surface area contributed by atoms with Gasteiger partial charge in [0.15, 0.2) is 0 Å². The number of aromatic carboxylic acids is 1. The number of halogens is 2. The topological polar surface area (TPSA) is 89.6 Å². The number of carboxylic acids is 1. The van der Waals surface area contributed by atoms with E-state index >= 15 is 0 Å². The van der Waals surface area contributed by atoms with Crippen molar-refractivity contribution in [3.05, 3.63) is 103 Å². The van der Waals surface area contributed by atoms with Gasteiger partial charge in [0.2, 0.25) is 0 Å². The molecule has 10 heteroatoms. The molecule has 1 N–H and O–H groups in total. The van der Waals surface area contributed by atoms with E-state index in [4.69, 9.17) is 33.0 Å². The first-order valence-electron chi connectivity index (χ1n) is 16.2. The Balaban J connectivity index is 1.46. The summed E-state index contributed by atoms with van der Waals surface area (Å²) >= 11 is 13.4. The van der Waals surface area contributed by atoms with Crippen LogP contribution in [0.5, 0.6) is 5.75 Å². The lowest BCUT2D eigenvalue weighted by molar-refractivity contribution is 0.0545. The molecule has 0 fully saturated rings. The molecule has 1 aliphatic rings. The predicted molar refractivity (Wildman–Crippen MR) is 191 cm³/mol. The molecular weight excluding hydrogens is 647 g/mol. The minimum atomic E-state index is -0.998. The van der Waals surface area contributed by atoms with Crippen LogP contribution < -0.4 is 4.74 Å². The number of amides is 1. The van der Waals surface area contributed by atoms with E-state index in [1.807, 2.05) is 81.6 Å². The van der Waals surface area contributed by atoms with Gasteiger partial charge in [0.1, 0.15) is 11.4 Å². The zero-order valence-corrected chi connectivity index (χ0v) is 29.8. The van der Waals surface area contributed by atoms with E-state index in [0.717, 1.165) is 66.4 Å². The van der Waals surface area contributed by atoms with Crippen LogP contribution in [0, 0.1) is 27.7 Å². The molecular formula is C38H40Cl2N4O4. The first-order chi connectivity index (χ1) is 22.8. The number of nitrogens with zero attached hydrogens (tertiary/aromatic N) is 4. The van der Waals surface area contributed by atoms with Crippen LogP contribution in [0.15, 0.2) is 48.5 Å². The zero-order valence-electron chi connectivity index (χ0n) is 28.3. The number of carbonyl (C=O) groups is 2. The number of aromatic nitrogens is 3. The number of hydrogen-bond acceptors (Lipinski definition) is 4. The Hall–Kier alpha value is -4.27. The van der Waals surface area contributed by atoms with Gasteiger partial charge in [-0.2, -0.15) is 5.10 Å². The normalized spacial score (nSPS) is 16.1. The van der Waals surface area contributed by atoms with E-state index in [0.29, 0.717) is 36.7 Å². The van der Waals surface area contributed by atoms with Gasteiger partial charge in [-0.25, -0.2) is 4.79 Å². The number of ether oxygens (including phenoxy) is 1. The summed E-state index contributed by atoms with van der Waals surface area (Å²) in [5.74, 6) is -0.329. The fourth-order valence-electron chi connectivity index (χ4n) is 7.15. The molecule has 8 nitrogen and oxygen atoms in total. The average Bonchev–Trinajstić information content (AvgIpc) is 3.51. The molecule has 0 radical (unpaired) electrons. The molecule has 3 heterocycles. The number of hydrogen-bond donors (Lipinski definition) is 1. The number of fused-ring (bicyclic) bond motifs is 3. The molecule has 0 spiro atoms. The summed E-state index contributed by atoms with van der Waals surface area (Å²) in [6.45, 7) is 12.9. The van der Waals surface area contributed by atoms with Crippen LogP contribution in [-0.4, -0.2) is 48.9 Å². The van der Waals surface area contributed by atoms with Gasteiger partial charge in [-0.3, -0.25) is 9.48 Å². The van der Waals surface area contributed by atoms with Gasteiger partial charge in [0.25, 0.3) is 5.91 Å². The third-order valence-corrected chi connectivity index (χ3v) is 10.7. The van der Waals surface area contributed by atoms with Gasteiger partial charge in [-0.05, 0) is 107 Å². The SMILES string of the molecule is Cc1cc(OCCCc2c3n(c4c(-c5c(C)nn(C)c5C)c(Cl)ccc24)C(C)[C@@H](C)N(Cc2cccc(C(=O)O)c2)C3=O)cc(C)c1Cl. The first-order valence-corrected chi connectivity index (χ1v) is 16.9. The fraction of sp³-hybridized carbons (Fsp3) is 0.342. The van der Waals surface area contributed by atoms with Crippen LogP contribution >= 0.6 is 23.2 Å². The highest BCUT2D eigenvalue weighted by Crippen LogP contribution is 2.45. The minimum Gasteiger partial charge on any atom is -0.494 e. The Morgan fingerprint density at radius 3 is 2.33 bits per heavy atom. The molecule has 3 aromatic carbocycles. The summed E-state index contributed by atoms with van der Waals surface area (Å²) in [7, 11) is 1.92. The van der Waals surface area contributed by atoms with Crippen LogP contribution in [0.3, 0.4) is 0 Å². The molecule has 2 atom stereocenters. The van der Waals surface area contributed by atoms with Gasteiger partial charge in [0, 0.05) is 40.8 Å². The van der Waals surface area contributed by atoms with Crippen LogP contribution in [0.25, 0.3) is 22.0 Å². The number of rotatable bonds is 9. The second kappa shape index (κ2) is 13.0. The zero-order chi connectivity index (χ0) is 34.6. The number of aryl methyl sites for hydroxylation is 5. The Morgan fingerprint density at radius 2 is 1.69 bits per heavy atom. The lowest BCUT2D eigenvalue weighted by Gasteiger charge is -2.40. The Bertz CT molecular complexity index is 2070. The Labute approximate surface area is 290 Å². The van der Waals surface area contributed by atoms with E-state index in [1.54, 1.807) is 18.2 Å². The first kappa shape index (κ1) is 33.6. The van der Waals surface area contributed by atoms with Crippen molar-refractivity contribution in [1.29, 1.82) is 0 Å². The van der Waals surface area contributed by atoms with Gasteiger partial charge >= 0.3 is 5.97 Å². The van der Waals surface area contributed by atoms with Crippen molar-refractivity contribution in [2.75, 3.05) is 6.61 Å². The highest BCUT2D eigenvalue weighted by atomic mass is 35.5. The standard InChI is InChI=1S/C38H40Cl2N4O4/c1-20-16-28(17-21(2)34(20)40)48-15-9-12-29-30-13-14-31(39)33(32-22(3)41-42(7)25(32)6)35(30)44-24(5)23(4)43(37(45)36(29)44)19-26-10-8-11-27(18-26)38(46)47/h8,10-11,13-14,16-18,23-24H,9,12,15,19H2,1-7H3,(H,46,47)/t23-,24?/m1/s1. The van der Waals surface area contributed by atoms with E-state index in [9.17, 15) is 14.7 Å². The summed E-state index contributed by atoms with van der Waals surface area (Å²) in [5.41, 5.74) is 9.10. The highest BCUT2D eigenvalue weighted by molar-refractivity contribution is 6.35. The summed E-state index contributed by atoms with van der Waals surface area (Å²) in [6.07, 6.45) is 1.28. The third kappa shape index (κ3) is 5.75. The largest absolute Gasteiger partial charge is 0.494 e. The van der Waals surface area contributed by atoms with Gasteiger partial charge < -0.3 is 19.3 Å². The van der Waals surface area contributed by atoms with Gasteiger partial charge in [0.05, 0.1) is 40.5 Å². The molecule has 6 rings (SSSR count). The Kier molecular flexibility index (Phi) is 9.09. The molecule has 0 aliphatic carbocycles. The smallest absolute Gasteiger partial charge is 0.335 e. The van der Waals surface area contributed by atoms with Crippen molar-refractivity contribution in [2.45, 2.75) is 73.0 Å². The minimum absolute atomic E-state index is 0.0981. The molecule has 0 bridgehead atoms. The fourth-order valence-corrected chi connectivity index (χ4v) is 7.51. The molecule has 250 valence electrons. The van der Waals surface area contributed by atoms with Crippen molar-refractivity contribution in [2.24, 2.45) is 7.05 Å².